The molecule has 3 atom stereocenters. The Balaban J connectivity index is 2.72. The van der Waals surface area contributed by atoms with Crippen molar-refractivity contribution in [2.75, 3.05) is 31.8 Å². The number of thioether (sulfide) groups is 1. The van der Waals surface area contributed by atoms with Gasteiger partial charge in [0.05, 0.1) is 19.1 Å². The Bertz CT molecular complexity index is 973. The van der Waals surface area contributed by atoms with Crippen LogP contribution in [0.3, 0.4) is 0 Å². The molecule has 250 valence electrons. The Kier molecular flexibility index (Phi) is 21.3. The van der Waals surface area contributed by atoms with Gasteiger partial charge < -0.3 is 30.7 Å². The zero-order valence-corrected chi connectivity index (χ0v) is 27.9. The average Bonchev–Trinajstić information content (AvgIpc) is 2.99. The van der Waals surface area contributed by atoms with Crippen LogP contribution >= 0.6 is 11.8 Å². The van der Waals surface area contributed by atoms with Gasteiger partial charge in [0.15, 0.2) is 5.60 Å². The number of carboxylic acids is 1. The maximum Gasteiger partial charge on any atom is 0.339 e. The molecule has 0 heterocycles. The van der Waals surface area contributed by atoms with Gasteiger partial charge in [-0.1, -0.05) is 83.1 Å². The third-order valence-electron chi connectivity index (χ3n) is 7.45. The van der Waals surface area contributed by atoms with Crippen LogP contribution in [0.4, 0.5) is 0 Å². The fraction of sp³-hybridized carbons (Fsp3) is 0.676. The van der Waals surface area contributed by atoms with Crippen LogP contribution in [-0.2, 0) is 25.5 Å². The van der Waals surface area contributed by atoms with Gasteiger partial charge in [0, 0.05) is 13.5 Å². The first-order valence-corrected chi connectivity index (χ1v) is 17.4. The minimum atomic E-state index is -2.53. The van der Waals surface area contributed by atoms with Gasteiger partial charge >= 0.3 is 5.97 Å². The lowest BCUT2D eigenvalue weighted by atomic mass is 9.86. The highest BCUT2D eigenvalue weighted by atomic mass is 32.2. The Morgan fingerprint density at radius 3 is 2.14 bits per heavy atom. The summed E-state index contributed by atoms with van der Waals surface area (Å²) < 4.78 is 10.6. The molecule has 5 N–H and O–H groups in total. The van der Waals surface area contributed by atoms with Gasteiger partial charge in [0.1, 0.15) is 11.8 Å². The van der Waals surface area contributed by atoms with Gasteiger partial charge in [-0.2, -0.15) is 11.8 Å². The molecular formula is C34H56N2O7S. The first-order chi connectivity index (χ1) is 21.2. The lowest BCUT2D eigenvalue weighted by Crippen LogP contribution is -2.57. The van der Waals surface area contributed by atoms with Crippen LogP contribution in [-0.4, -0.2) is 71.5 Å². The fourth-order valence-corrected chi connectivity index (χ4v) is 5.73. The van der Waals surface area contributed by atoms with E-state index in [2.05, 4.69) is 19.2 Å². The number of carbonyl (C=O) groups excluding carboxylic acids is 2. The van der Waals surface area contributed by atoms with Crippen molar-refractivity contribution >= 4 is 29.5 Å². The van der Waals surface area contributed by atoms with E-state index in [1.54, 1.807) is 30.3 Å². The molecule has 0 aliphatic heterocycles. The number of methoxy groups -OCH3 is 1. The second kappa shape index (κ2) is 23.8. The largest absolute Gasteiger partial charge is 0.494 e. The van der Waals surface area contributed by atoms with Crippen LogP contribution in [0.5, 0.6) is 5.75 Å². The van der Waals surface area contributed by atoms with Crippen LogP contribution in [0, 0.1) is 5.92 Å². The van der Waals surface area contributed by atoms with E-state index < -0.39 is 42.0 Å². The Morgan fingerprint density at radius 2 is 1.57 bits per heavy atom. The number of hydrogen-bond acceptors (Lipinski definition) is 7. The maximum atomic E-state index is 13.4. The molecule has 10 heteroatoms. The van der Waals surface area contributed by atoms with Crippen molar-refractivity contribution in [1.82, 2.24) is 5.32 Å². The van der Waals surface area contributed by atoms with Gasteiger partial charge in [-0.05, 0) is 61.3 Å². The number of amides is 2. The average molecular weight is 637 g/mol. The predicted octanol–water partition coefficient (Wildman–Crippen LogP) is 5.67. The lowest BCUT2D eigenvalue weighted by Gasteiger charge is -2.30. The van der Waals surface area contributed by atoms with E-state index in [1.807, 2.05) is 11.8 Å². The predicted molar refractivity (Wildman–Crippen MR) is 178 cm³/mol. The minimum absolute atomic E-state index is 0.0969. The van der Waals surface area contributed by atoms with E-state index in [9.17, 15) is 24.6 Å². The van der Waals surface area contributed by atoms with Crippen LogP contribution in [0.15, 0.2) is 36.4 Å². The number of ether oxygens (including phenoxy) is 2. The molecule has 0 aliphatic rings. The van der Waals surface area contributed by atoms with E-state index in [1.165, 1.54) is 51.0 Å². The molecule has 0 saturated heterocycles. The molecule has 1 rings (SSSR count). The number of benzene rings is 1. The van der Waals surface area contributed by atoms with Crippen LogP contribution < -0.4 is 15.8 Å². The Morgan fingerprint density at radius 1 is 0.955 bits per heavy atom. The van der Waals surface area contributed by atoms with Crippen molar-refractivity contribution in [1.29, 1.82) is 0 Å². The number of rotatable bonds is 27. The van der Waals surface area contributed by atoms with Gasteiger partial charge in [-0.3, -0.25) is 9.59 Å². The summed E-state index contributed by atoms with van der Waals surface area (Å²) in [6.07, 6.45) is 16.5. The minimum Gasteiger partial charge on any atom is -0.494 e. The van der Waals surface area contributed by atoms with E-state index in [0.29, 0.717) is 18.8 Å². The van der Waals surface area contributed by atoms with Crippen molar-refractivity contribution in [2.45, 2.75) is 109 Å². The molecule has 0 saturated carbocycles. The molecule has 0 bridgehead atoms. The Hall–Kier alpha value is -2.56. The zero-order valence-electron chi connectivity index (χ0n) is 27.1. The number of carbonyl (C=O) groups is 3. The number of unbranched alkanes of at least 4 members (excludes halogenated alkanes) is 9. The molecule has 0 aliphatic carbocycles. The highest BCUT2D eigenvalue weighted by Gasteiger charge is 2.47. The summed E-state index contributed by atoms with van der Waals surface area (Å²) in [5, 5.41) is 23.4. The molecule has 0 unspecified atom stereocenters. The van der Waals surface area contributed by atoms with E-state index >= 15 is 0 Å². The van der Waals surface area contributed by atoms with Crippen LogP contribution in [0.2, 0.25) is 0 Å². The Labute approximate surface area is 268 Å². The standard InChI is InChI=1S/C34H56N2O7S/c1-4-6-8-12-15-23-44-24-16-13-10-9-11-14-17-29(34(41,26-42-3)33(39)40)32(38)36-30(31(35)37)25-27-18-20-28(21-19-27)43-22-7-5-2/h14,17-21,29-30,41H,4-13,15-16,22-26H2,1-3H3,(H2,35,37)(H,36,38)(H,39,40)/t29-,30+,34+/m1/s1. The van der Waals surface area contributed by atoms with Gasteiger partial charge in [0.25, 0.3) is 0 Å². The normalized spacial score (nSPS) is 14.2. The number of nitrogens with two attached hydrogens (primary N) is 1. The summed E-state index contributed by atoms with van der Waals surface area (Å²) in [6.45, 7) is 4.31. The highest BCUT2D eigenvalue weighted by molar-refractivity contribution is 7.99. The first-order valence-electron chi connectivity index (χ1n) is 16.2. The van der Waals surface area contributed by atoms with E-state index in [-0.39, 0.29) is 6.42 Å². The molecule has 9 nitrogen and oxygen atoms in total. The summed E-state index contributed by atoms with van der Waals surface area (Å²) in [5.74, 6) is -1.60. The fourth-order valence-electron chi connectivity index (χ4n) is 4.71. The third kappa shape index (κ3) is 16.0. The molecule has 0 radical (unpaired) electrons. The van der Waals surface area contributed by atoms with E-state index in [4.69, 9.17) is 15.2 Å². The van der Waals surface area contributed by atoms with Gasteiger partial charge in [-0.15, -0.1) is 0 Å². The molecule has 0 spiro atoms. The quantitative estimate of drug-likeness (QED) is 0.0714. The highest BCUT2D eigenvalue weighted by Crippen LogP contribution is 2.23. The molecular weight excluding hydrogens is 580 g/mol. The smallest absolute Gasteiger partial charge is 0.339 e. The number of nitrogens with one attached hydrogen (secondary N) is 1. The summed E-state index contributed by atoms with van der Waals surface area (Å²) in [5.41, 5.74) is 3.81. The maximum absolute atomic E-state index is 13.4. The molecule has 2 amide bonds. The van der Waals surface area contributed by atoms with Crippen molar-refractivity contribution in [3.8, 4) is 5.75 Å². The van der Waals surface area contributed by atoms with Crippen molar-refractivity contribution in [2.24, 2.45) is 11.7 Å². The van der Waals surface area contributed by atoms with Crippen molar-refractivity contribution in [3.63, 3.8) is 0 Å². The molecule has 0 aromatic heterocycles. The monoisotopic (exact) mass is 636 g/mol. The number of aliphatic hydroxyl groups is 1. The summed E-state index contributed by atoms with van der Waals surface area (Å²) in [4.78, 5) is 37.7. The molecule has 0 fully saturated rings. The second-order valence-corrected chi connectivity index (χ2v) is 12.5. The molecule has 44 heavy (non-hydrogen) atoms. The SMILES string of the molecule is CCCCCCCSCCCCCCC=C[C@H](C(=O)N[C@@H](Cc1ccc(OCCCC)cc1)C(N)=O)[C@@](O)(COC)C(=O)O. The number of carboxylic acid groups (broad SMARTS) is 1. The van der Waals surface area contributed by atoms with E-state index in [0.717, 1.165) is 49.8 Å². The van der Waals surface area contributed by atoms with Crippen molar-refractivity contribution < 1.29 is 34.1 Å². The third-order valence-corrected chi connectivity index (χ3v) is 8.61. The van der Waals surface area contributed by atoms with Gasteiger partial charge in [0.2, 0.25) is 11.8 Å². The topological polar surface area (TPSA) is 148 Å². The summed E-state index contributed by atoms with van der Waals surface area (Å²) in [7, 11) is 1.25. The molecule has 1 aromatic rings. The summed E-state index contributed by atoms with van der Waals surface area (Å²) >= 11 is 2.02. The number of hydrogen-bond donors (Lipinski definition) is 4. The summed E-state index contributed by atoms with van der Waals surface area (Å²) in [6, 6.07) is 6.03. The zero-order chi connectivity index (χ0) is 32.6. The van der Waals surface area contributed by atoms with Crippen LogP contribution in [0.25, 0.3) is 0 Å². The number of allylic oxidation sites excluding steroid dienone is 1. The second-order valence-electron chi connectivity index (χ2n) is 11.3. The number of aliphatic carboxylic acids is 1. The van der Waals surface area contributed by atoms with Gasteiger partial charge in [-0.25, -0.2) is 4.79 Å². The number of primary amides is 1. The van der Waals surface area contributed by atoms with Crippen molar-refractivity contribution in [3.05, 3.63) is 42.0 Å². The molecule has 1 aromatic carbocycles. The lowest BCUT2D eigenvalue weighted by molar-refractivity contribution is -0.173. The first kappa shape index (κ1) is 39.5. The van der Waals surface area contributed by atoms with Crippen LogP contribution in [0.1, 0.15) is 96.5 Å².